The van der Waals surface area contributed by atoms with Crippen molar-refractivity contribution >= 4 is 12.2 Å². The van der Waals surface area contributed by atoms with E-state index < -0.39 is 24.0 Å². The first-order valence-electron chi connectivity index (χ1n) is 16.4. The lowest BCUT2D eigenvalue weighted by Crippen LogP contribution is -2.11. The van der Waals surface area contributed by atoms with Crippen LogP contribution in [-0.4, -0.2) is 40.9 Å². The van der Waals surface area contributed by atoms with Gasteiger partial charge in [-0.15, -0.1) is 0 Å². The lowest BCUT2D eigenvalue weighted by molar-refractivity contribution is 0.218. The standard InChI is InChI=1S/C42H32O10/c43-27-8-3-21(4-9-27)1-2-22-13-33(49)39-35(14-22)51-41(23-5-10-28(44)11-6-23)38(39)26-18-34(50)40-36(19-26)52-42(24-7-12-31(47)32(48)17-24)37(40)25-15-29(45)20-30(46)16-25/h1-20,37-38,41-50H/b2-1+/t37-,38+,41-,42+/m0/s1. The van der Waals surface area contributed by atoms with Gasteiger partial charge in [0.1, 0.15) is 58.2 Å². The molecule has 6 aromatic carbocycles. The van der Waals surface area contributed by atoms with Crippen molar-refractivity contribution in [3.8, 4) is 57.5 Å². The smallest absolute Gasteiger partial charge is 0.157 e. The molecule has 2 heterocycles. The van der Waals surface area contributed by atoms with Crippen LogP contribution < -0.4 is 9.47 Å². The molecule has 10 heteroatoms. The maximum absolute atomic E-state index is 11.8. The van der Waals surface area contributed by atoms with Crippen LogP contribution in [0.25, 0.3) is 12.2 Å². The van der Waals surface area contributed by atoms with Crippen molar-refractivity contribution in [2.75, 3.05) is 0 Å². The van der Waals surface area contributed by atoms with Gasteiger partial charge in [-0.25, -0.2) is 0 Å². The molecule has 8 rings (SSSR count). The Balaban J connectivity index is 1.25. The summed E-state index contributed by atoms with van der Waals surface area (Å²) < 4.78 is 13.1. The van der Waals surface area contributed by atoms with E-state index in [9.17, 15) is 40.9 Å². The van der Waals surface area contributed by atoms with Gasteiger partial charge in [-0.1, -0.05) is 42.5 Å². The Bertz CT molecular complexity index is 2350. The van der Waals surface area contributed by atoms with E-state index in [2.05, 4.69) is 0 Å². The quantitative estimate of drug-likeness (QED) is 0.0627. The molecule has 0 bridgehead atoms. The minimum absolute atomic E-state index is 0.0411. The van der Waals surface area contributed by atoms with Crippen LogP contribution in [0.5, 0.6) is 57.5 Å². The van der Waals surface area contributed by atoms with Gasteiger partial charge in [0, 0.05) is 17.2 Å². The Labute approximate surface area is 297 Å². The first-order chi connectivity index (χ1) is 25.0. The highest BCUT2D eigenvalue weighted by atomic mass is 16.5. The van der Waals surface area contributed by atoms with Gasteiger partial charge in [-0.2, -0.15) is 0 Å². The van der Waals surface area contributed by atoms with Crippen molar-refractivity contribution in [2.45, 2.75) is 24.0 Å². The number of phenolic OH excluding ortho intramolecular Hbond substituents is 8. The Morgan fingerprint density at radius 1 is 0.365 bits per heavy atom. The number of aromatic hydroxyl groups is 8. The average Bonchev–Trinajstić information content (AvgIpc) is 3.69. The molecule has 2 aliphatic heterocycles. The predicted octanol–water partition coefficient (Wildman–Crippen LogP) is 8.03. The number of ether oxygens (including phenoxy) is 2. The summed E-state index contributed by atoms with van der Waals surface area (Å²) in [5.41, 5.74) is 4.48. The lowest BCUT2D eigenvalue weighted by atomic mass is 9.81. The van der Waals surface area contributed by atoms with Crippen LogP contribution in [-0.2, 0) is 0 Å². The Hall–Kier alpha value is -6.94. The summed E-state index contributed by atoms with van der Waals surface area (Å²) in [7, 11) is 0. The number of hydrogen-bond acceptors (Lipinski definition) is 10. The molecule has 6 aromatic rings. The largest absolute Gasteiger partial charge is 0.508 e. The monoisotopic (exact) mass is 696 g/mol. The topological polar surface area (TPSA) is 180 Å². The van der Waals surface area contributed by atoms with E-state index in [1.54, 1.807) is 78.9 Å². The molecule has 0 aromatic heterocycles. The maximum atomic E-state index is 11.8. The molecule has 0 amide bonds. The second-order valence-electron chi connectivity index (χ2n) is 13.0. The average molecular weight is 697 g/mol. The van der Waals surface area contributed by atoms with E-state index in [-0.39, 0.29) is 51.7 Å². The van der Waals surface area contributed by atoms with E-state index >= 15 is 0 Å². The highest BCUT2D eigenvalue weighted by Crippen LogP contribution is 2.58. The number of fused-ring (bicyclic) bond motifs is 2. The predicted molar refractivity (Wildman–Crippen MR) is 191 cm³/mol. The van der Waals surface area contributed by atoms with Crippen LogP contribution in [0.3, 0.4) is 0 Å². The fraction of sp³-hybridized carbons (Fsp3) is 0.0952. The summed E-state index contributed by atoms with van der Waals surface area (Å²) in [6, 6.07) is 28.3. The molecule has 0 aliphatic carbocycles. The molecular formula is C42H32O10. The summed E-state index contributed by atoms with van der Waals surface area (Å²) >= 11 is 0. The molecule has 0 spiro atoms. The van der Waals surface area contributed by atoms with Gasteiger partial charge in [0.2, 0.25) is 0 Å². The third-order valence-electron chi connectivity index (χ3n) is 9.57. The van der Waals surface area contributed by atoms with Crippen molar-refractivity contribution < 1.29 is 50.3 Å². The maximum Gasteiger partial charge on any atom is 0.157 e. The number of phenols is 8. The van der Waals surface area contributed by atoms with Gasteiger partial charge in [0.15, 0.2) is 11.5 Å². The molecule has 10 nitrogen and oxygen atoms in total. The van der Waals surface area contributed by atoms with E-state index in [1.165, 1.54) is 30.3 Å². The molecule has 8 N–H and O–H groups in total. The zero-order chi connectivity index (χ0) is 36.3. The summed E-state index contributed by atoms with van der Waals surface area (Å²) in [6.45, 7) is 0. The van der Waals surface area contributed by atoms with Crippen LogP contribution >= 0.6 is 0 Å². The molecule has 2 aliphatic rings. The molecule has 260 valence electrons. The SMILES string of the molecule is Oc1ccc(/C=C/c2cc(O)c3c(c2)O[C@@H](c2ccc(O)cc2)[C@@H]3c2cc(O)c3c(c2)O[C@H](c2ccc(O)c(O)c2)[C@H]3c2cc(O)cc(O)c2)cc1. The van der Waals surface area contributed by atoms with Crippen molar-refractivity contribution in [1.29, 1.82) is 0 Å². The van der Waals surface area contributed by atoms with Crippen molar-refractivity contribution in [3.63, 3.8) is 0 Å². The van der Waals surface area contributed by atoms with E-state index in [0.717, 1.165) is 5.56 Å². The van der Waals surface area contributed by atoms with E-state index in [0.29, 0.717) is 44.7 Å². The third kappa shape index (κ3) is 5.75. The molecule has 0 radical (unpaired) electrons. The van der Waals surface area contributed by atoms with Gasteiger partial charge in [0.25, 0.3) is 0 Å². The minimum atomic E-state index is -0.861. The molecule has 0 saturated carbocycles. The first-order valence-corrected chi connectivity index (χ1v) is 16.4. The molecule has 4 atom stereocenters. The first kappa shape index (κ1) is 32.3. The van der Waals surface area contributed by atoms with Crippen LogP contribution in [0.2, 0.25) is 0 Å². The van der Waals surface area contributed by atoms with E-state index in [1.807, 2.05) is 12.2 Å². The van der Waals surface area contributed by atoms with Gasteiger partial charge in [-0.3, -0.25) is 0 Å². The zero-order valence-electron chi connectivity index (χ0n) is 27.3. The highest BCUT2D eigenvalue weighted by molar-refractivity contribution is 5.73. The number of hydrogen-bond donors (Lipinski definition) is 8. The molecule has 0 unspecified atom stereocenters. The molecular weight excluding hydrogens is 664 g/mol. The van der Waals surface area contributed by atoms with Crippen LogP contribution in [0.1, 0.15) is 68.6 Å². The van der Waals surface area contributed by atoms with E-state index in [4.69, 9.17) is 9.47 Å². The normalized spacial score (nSPS) is 18.8. The second-order valence-corrected chi connectivity index (χ2v) is 13.0. The number of rotatable bonds is 6. The lowest BCUT2D eigenvalue weighted by Gasteiger charge is -2.22. The summed E-state index contributed by atoms with van der Waals surface area (Å²) in [5.74, 6) is -1.79. The van der Waals surface area contributed by atoms with Gasteiger partial charge >= 0.3 is 0 Å². The number of benzene rings is 6. The second kappa shape index (κ2) is 12.4. The minimum Gasteiger partial charge on any atom is -0.508 e. The van der Waals surface area contributed by atoms with Crippen LogP contribution in [0, 0.1) is 0 Å². The molecule has 52 heavy (non-hydrogen) atoms. The zero-order valence-corrected chi connectivity index (χ0v) is 27.3. The third-order valence-corrected chi connectivity index (χ3v) is 9.57. The van der Waals surface area contributed by atoms with Crippen molar-refractivity contribution in [2.24, 2.45) is 0 Å². The van der Waals surface area contributed by atoms with Crippen molar-refractivity contribution in [3.05, 3.63) is 154 Å². The summed E-state index contributed by atoms with van der Waals surface area (Å²) in [4.78, 5) is 0. The Morgan fingerprint density at radius 3 is 1.50 bits per heavy atom. The Kier molecular flexibility index (Phi) is 7.72. The van der Waals surface area contributed by atoms with Gasteiger partial charge in [-0.05, 0) is 106 Å². The molecule has 0 saturated heterocycles. The van der Waals surface area contributed by atoms with Crippen molar-refractivity contribution in [1.82, 2.24) is 0 Å². The van der Waals surface area contributed by atoms with Gasteiger partial charge < -0.3 is 50.3 Å². The highest BCUT2D eigenvalue weighted by Gasteiger charge is 2.44. The molecule has 0 fully saturated rings. The van der Waals surface area contributed by atoms with Gasteiger partial charge in [0.05, 0.1) is 11.8 Å². The van der Waals surface area contributed by atoms with Crippen LogP contribution in [0.4, 0.5) is 0 Å². The fourth-order valence-electron chi connectivity index (χ4n) is 7.23. The summed E-state index contributed by atoms with van der Waals surface area (Å²) in [5, 5.41) is 84.2. The Morgan fingerprint density at radius 2 is 0.865 bits per heavy atom. The summed E-state index contributed by atoms with van der Waals surface area (Å²) in [6.07, 6.45) is 2.10. The fourth-order valence-corrected chi connectivity index (χ4v) is 7.23. The van der Waals surface area contributed by atoms with Crippen LogP contribution in [0.15, 0.2) is 109 Å².